The van der Waals surface area contributed by atoms with Gasteiger partial charge >= 0.3 is 0 Å². The van der Waals surface area contributed by atoms with E-state index in [4.69, 9.17) is 14.2 Å². The van der Waals surface area contributed by atoms with Crippen LogP contribution in [0.2, 0.25) is 0 Å². The normalized spacial score (nSPS) is 11.5. The van der Waals surface area contributed by atoms with Crippen LogP contribution in [0.15, 0.2) is 66.7 Å². The van der Waals surface area contributed by atoms with E-state index >= 15 is 0 Å². The molecule has 0 unspecified atom stereocenters. The van der Waals surface area contributed by atoms with Gasteiger partial charge in [-0.3, -0.25) is 4.79 Å². The number of hydrogen-bond donors (Lipinski definition) is 1. The van der Waals surface area contributed by atoms with Gasteiger partial charge in [-0.25, -0.2) is 4.39 Å². The number of halogens is 1. The van der Waals surface area contributed by atoms with Gasteiger partial charge in [-0.1, -0.05) is 18.2 Å². The van der Waals surface area contributed by atoms with Crippen molar-refractivity contribution >= 4 is 5.91 Å². The molecule has 1 atom stereocenters. The van der Waals surface area contributed by atoms with Gasteiger partial charge in [0.1, 0.15) is 29.7 Å². The van der Waals surface area contributed by atoms with Crippen molar-refractivity contribution in [1.29, 1.82) is 0 Å². The third-order valence-electron chi connectivity index (χ3n) is 4.78. The van der Waals surface area contributed by atoms with E-state index in [1.54, 1.807) is 43.5 Å². The highest BCUT2D eigenvalue weighted by atomic mass is 19.1. The van der Waals surface area contributed by atoms with Crippen LogP contribution in [0.3, 0.4) is 0 Å². The van der Waals surface area contributed by atoms with Crippen LogP contribution in [0.25, 0.3) is 0 Å². The van der Waals surface area contributed by atoms with Crippen LogP contribution < -0.4 is 19.5 Å². The monoisotopic (exact) mass is 423 g/mol. The molecule has 0 bridgehead atoms. The molecule has 0 radical (unpaired) electrons. The molecule has 0 aromatic heterocycles. The van der Waals surface area contributed by atoms with Crippen LogP contribution in [0.1, 0.15) is 41.4 Å². The van der Waals surface area contributed by atoms with Gasteiger partial charge in [0.05, 0.1) is 19.8 Å². The molecule has 3 aromatic carbocycles. The largest absolute Gasteiger partial charge is 0.497 e. The number of methoxy groups -OCH3 is 1. The Morgan fingerprint density at radius 1 is 1.00 bits per heavy atom. The number of ether oxygens (including phenoxy) is 3. The Labute approximate surface area is 181 Å². The first-order valence-corrected chi connectivity index (χ1v) is 10.1. The van der Waals surface area contributed by atoms with Crippen molar-refractivity contribution in [3.63, 3.8) is 0 Å². The molecule has 162 valence electrons. The fraction of sp³-hybridized carbons (Fsp3) is 0.240. The van der Waals surface area contributed by atoms with E-state index in [0.717, 1.165) is 11.1 Å². The summed E-state index contributed by atoms with van der Waals surface area (Å²) < 4.78 is 29.9. The summed E-state index contributed by atoms with van der Waals surface area (Å²) in [7, 11) is 1.60. The van der Waals surface area contributed by atoms with Gasteiger partial charge in [-0.05, 0) is 61.9 Å². The third kappa shape index (κ3) is 5.98. The SMILES string of the molecule is CCOc1ccc(C(=O)N[C@@H](C)c2ccc(F)cc2)cc1COc1cccc(OC)c1. The zero-order valence-corrected chi connectivity index (χ0v) is 17.9. The molecule has 1 amide bonds. The maximum absolute atomic E-state index is 13.1. The van der Waals surface area contributed by atoms with Crippen molar-refractivity contribution in [2.24, 2.45) is 0 Å². The van der Waals surface area contributed by atoms with E-state index in [1.807, 2.05) is 32.0 Å². The van der Waals surface area contributed by atoms with Crippen molar-refractivity contribution in [3.8, 4) is 17.2 Å². The fourth-order valence-corrected chi connectivity index (χ4v) is 3.10. The first-order chi connectivity index (χ1) is 15.0. The molecule has 3 aromatic rings. The number of benzene rings is 3. The third-order valence-corrected chi connectivity index (χ3v) is 4.78. The summed E-state index contributed by atoms with van der Waals surface area (Å²) in [5, 5.41) is 2.94. The summed E-state index contributed by atoms with van der Waals surface area (Å²) in [4.78, 5) is 12.8. The lowest BCUT2D eigenvalue weighted by molar-refractivity contribution is 0.0939. The highest BCUT2D eigenvalue weighted by Crippen LogP contribution is 2.25. The van der Waals surface area contributed by atoms with Gasteiger partial charge in [0.15, 0.2) is 0 Å². The Morgan fingerprint density at radius 2 is 1.74 bits per heavy atom. The summed E-state index contributed by atoms with van der Waals surface area (Å²) in [5.74, 6) is 1.47. The summed E-state index contributed by atoms with van der Waals surface area (Å²) in [6.07, 6.45) is 0. The van der Waals surface area contributed by atoms with Crippen LogP contribution >= 0.6 is 0 Å². The Hall–Kier alpha value is -3.54. The Balaban J connectivity index is 1.74. The summed E-state index contributed by atoms with van der Waals surface area (Å²) >= 11 is 0. The number of carbonyl (C=O) groups excluding carboxylic acids is 1. The van der Waals surface area contributed by atoms with E-state index in [2.05, 4.69) is 5.32 Å². The zero-order valence-electron chi connectivity index (χ0n) is 17.9. The molecule has 0 aliphatic heterocycles. The maximum Gasteiger partial charge on any atom is 0.251 e. The minimum atomic E-state index is -0.311. The molecule has 0 aliphatic rings. The molecule has 31 heavy (non-hydrogen) atoms. The van der Waals surface area contributed by atoms with E-state index in [-0.39, 0.29) is 24.4 Å². The lowest BCUT2D eigenvalue weighted by Gasteiger charge is -2.16. The second-order valence-electron chi connectivity index (χ2n) is 6.97. The van der Waals surface area contributed by atoms with Crippen LogP contribution in [0.5, 0.6) is 17.2 Å². The molecule has 0 saturated heterocycles. The molecule has 0 fully saturated rings. The van der Waals surface area contributed by atoms with Crippen LogP contribution in [-0.4, -0.2) is 19.6 Å². The molecule has 0 saturated carbocycles. The molecular weight excluding hydrogens is 397 g/mol. The fourth-order valence-electron chi connectivity index (χ4n) is 3.10. The molecular formula is C25H26FNO4. The molecule has 1 N–H and O–H groups in total. The van der Waals surface area contributed by atoms with Crippen molar-refractivity contribution in [2.45, 2.75) is 26.5 Å². The summed E-state index contributed by atoms with van der Waals surface area (Å²) in [6, 6.07) is 18.4. The first-order valence-electron chi connectivity index (χ1n) is 10.1. The standard InChI is InChI=1S/C25H26FNO4/c1-4-30-24-13-10-19(25(28)27-17(2)18-8-11-21(26)12-9-18)14-20(24)16-31-23-7-5-6-22(15-23)29-3/h5-15,17H,4,16H2,1-3H3,(H,27,28)/t17-/m0/s1. The highest BCUT2D eigenvalue weighted by molar-refractivity contribution is 5.94. The molecule has 0 spiro atoms. The smallest absolute Gasteiger partial charge is 0.251 e. The van der Waals surface area contributed by atoms with Gasteiger partial charge in [0, 0.05) is 17.2 Å². The number of amides is 1. The molecule has 0 heterocycles. The van der Waals surface area contributed by atoms with Gasteiger partial charge < -0.3 is 19.5 Å². The second-order valence-corrected chi connectivity index (χ2v) is 6.97. The summed E-state index contributed by atoms with van der Waals surface area (Å²) in [5.41, 5.74) is 2.07. The predicted octanol–water partition coefficient (Wildman–Crippen LogP) is 5.30. The van der Waals surface area contributed by atoms with Crippen molar-refractivity contribution < 1.29 is 23.4 Å². The Bertz CT molecular complexity index is 1020. The molecule has 5 nitrogen and oxygen atoms in total. The van der Waals surface area contributed by atoms with Gasteiger partial charge in [-0.2, -0.15) is 0 Å². The van der Waals surface area contributed by atoms with Crippen molar-refractivity contribution in [2.75, 3.05) is 13.7 Å². The van der Waals surface area contributed by atoms with Gasteiger partial charge in [0.25, 0.3) is 5.91 Å². The minimum Gasteiger partial charge on any atom is -0.497 e. The molecule has 3 rings (SSSR count). The number of hydrogen-bond acceptors (Lipinski definition) is 4. The quantitative estimate of drug-likeness (QED) is 0.507. The Kier molecular flexibility index (Phi) is 7.49. The van der Waals surface area contributed by atoms with Gasteiger partial charge in [0.2, 0.25) is 0 Å². The first kappa shape index (κ1) is 22.2. The highest BCUT2D eigenvalue weighted by Gasteiger charge is 2.15. The van der Waals surface area contributed by atoms with Crippen LogP contribution in [-0.2, 0) is 6.61 Å². The topological polar surface area (TPSA) is 56.8 Å². The van der Waals surface area contributed by atoms with Gasteiger partial charge in [-0.15, -0.1) is 0 Å². The molecule has 0 aliphatic carbocycles. The van der Waals surface area contributed by atoms with Crippen LogP contribution in [0, 0.1) is 5.82 Å². The minimum absolute atomic E-state index is 0.233. The lowest BCUT2D eigenvalue weighted by Crippen LogP contribution is -2.26. The van der Waals surface area contributed by atoms with E-state index in [0.29, 0.717) is 29.4 Å². The number of rotatable bonds is 9. The zero-order chi connectivity index (χ0) is 22.2. The van der Waals surface area contributed by atoms with Crippen molar-refractivity contribution in [3.05, 3.63) is 89.2 Å². The average molecular weight is 423 g/mol. The number of nitrogens with one attached hydrogen (secondary N) is 1. The lowest BCUT2D eigenvalue weighted by atomic mass is 10.1. The second kappa shape index (κ2) is 10.5. The van der Waals surface area contributed by atoms with E-state index in [1.165, 1.54) is 12.1 Å². The van der Waals surface area contributed by atoms with E-state index in [9.17, 15) is 9.18 Å². The van der Waals surface area contributed by atoms with E-state index < -0.39 is 0 Å². The molecule has 6 heteroatoms. The van der Waals surface area contributed by atoms with Crippen LogP contribution in [0.4, 0.5) is 4.39 Å². The summed E-state index contributed by atoms with van der Waals surface area (Å²) in [6.45, 7) is 4.49. The average Bonchev–Trinajstić information content (AvgIpc) is 2.79. The number of carbonyl (C=O) groups is 1. The predicted molar refractivity (Wildman–Crippen MR) is 117 cm³/mol. The Morgan fingerprint density at radius 3 is 2.45 bits per heavy atom. The maximum atomic E-state index is 13.1. The van der Waals surface area contributed by atoms with Crippen molar-refractivity contribution in [1.82, 2.24) is 5.32 Å².